The van der Waals surface area contributed by atoms with Crippen molar-refractivity contribution in [2.24, 2.45) is 18.4 Å². The molecule has 0 aliphatic heterocycles. The van der Waals surface area contributed by atoms with Crippen LogP contribution in [0.4, 0.5) is 0 Å². The van der Waals surface area contributed by atoms with E-state index in [1.165, 1.54) is 19.3 Å². The Morgan fingerprint density at radius 2 is 2.25 bits per heavy atom. The zero-order chi connectivity index (χ0) is 14.8. The minimum Gasteiger partial charge on any atom is -0.337 e. The molecule has 1 aromatic heterocycles. The number of nitrogens with zero attached hydrogens (tertiary/aromatic N) is 3. The molecule has 4 nitrogen and oxygen atoms in total. The van der Waals surface area contributed by atoms with Crippen molar-refractivity contribution in [2.75, 3.05) is 20.6 Å². The normalized spacial score (nSPS) is 26.1. The van der Waals surface area contributed by atoms with Crippen molar-refractivity contribution in [3.63, 3.8) is 0 Å². The van der Waals surface area contributed by atoms with E-state index in [1.807, 2.05) is 12.4 Å². The molecular formula is C16H30N4. The average molecular weight is 278 g/mol. The van der Waals surface area contributed by atoms with E-state index in [-0.39, 0.29) is 0 Å². The molecule has 4 heteroatoms. The Morgan fingerprint density at radius 3 is 2.85 bits per heavy atom. The molecule has 2 rings (SSSR count). The molecule has 1 aromatic rings. The third-order valence-electron chi connectivity index (χ3n) is 4.90. The molecule has 0 radical (unpaired) electrons. The molecule has 1 heterocycles. The van der Waals surface area contributed by atoms with E-state index in [0.717, 1.165) is 24.8 Å². The lowest BCUT2D eigenvalue weighted by molar-refractivity contribution is 0.0880. The van der Waals surface area contributed by atoms with Gasteiger partial charge >= 0.3 is 0 Å². The number of aromatic nitrogens is 2. The molecule has 1 fully saturated rings. The molecule has 2 unspecified atom stereocenters. The number of hydrogen-bond acceptors (Lipinski definition) is 3. The van der Waals surface area contributed by atoms with E-state index in [9.17, 15) is 0 Å². The molecule has 114 valence electrons. The van der Waals surface area contributed by atoms with E-state index < -0.39 is 0 Å². The minimum atomic E-state index is 0.404. The van der Waals surface area contributed by atoms with Crippen LogP contribution in [0.15, 0.2) is 12.4 Å². The van der Waals surface area contributed by atoms with Gasteiger partial charge in [-0.1, -0.05) is 20.3 Å². The second-order valence-corrected chi connectivity index (χ2v) is 7.06. The van der Waals surface area contributed by atoms with Gasteiger partial charge in [-0.05, 0) is 38.3 Å². The molecule has 20 heavy (non-hydrogen) atoms. The van der Waals surface area contributed by atoms with Gasteiger partial charge in [-0.15, -0.1) is 0 Å². The van der Waals surface area contributed by atoms with Crippen molar-refractivity contribution >= 4 is 0 Å². The third kappa shape index (κ3) is 3.41. The summed E-state index contributed by atoms with van der Waals surface area (Å²) in [6.07, 6.45) is 7.91. The maximum absolute atomic E-state index is 4.42. The maximum Gasteiger partial charge on any atom is 0.122 e. The number of imidazole rings is 1. The highest BCUT2D eigenvalue weighted by Crippen LogP contribution is 2.39. The van der Waals surface area contributed by atoms with Crippen LogP contribution in [0.1, 0.15) is 38.9 Å². The second kappa shape index (κ2) is 6.27. The van der Waals surface area contributed by atoms with Crippen molar-refractivity contribution in [1.29, 1.82) is 0 Å². The number of rotatable bonds is 5. The lowest BCUT2D eigenvalue weighted by atomic mass is 9.68. The predicted octanol–water partition coefficient (Wildman–Crippen LogP) is 2.27. The van der Waals surface area contributed by atoms with Gasteiger partial charge in [-0.25, -0.2) is 4.98 Å². The Kier molecular flexibility index (Phi) is 4.86. The molecule has 0 saturated heterocycles. The van der Waals surface area contributed by atoms with Crippen molar-refractivity contribution in [3.05, 3.63) is 18.2 Å². The van der Waals surface area contributed by atoms with Gasteiger partial charge in [-0.2, -0.15) is 0 Å². The standard InChI is InChI=1S/C16H30N4/c1-16(2)8-6-7-13(15(16)17-3)11-19(4)12-14-18-9-10-20(14)5/h9-10,13,15,17H,6-8,11-12H2,1-5H3. The van der Waals surface area contributed by atoms with Crippen LogP contribution < -0.4 is 5.32 Å². The number of nitrogens with one attached hydrogen (secondary N) is 1. The van der Waals surface area contributed by atoms with Gasteiger partial charge in [0.05, 0.1) is 6.54 Å². The maximum atomic E-state index is 4.42. The second-order valence-electron chi connectivity index (χ2n) is 7.06. The first kappa shape index (κ1) is 15.5. The summed E-state index contributed by atoms with van der Waals surface area (Å²) in [5, 5.41) is 3.57. The highest BCUT2D eigenvalue weighted by Gasteiger charge is 2.38. The van der Waals surface area contributed by atoms with Crippen LogP contribution in [-0.4, -0.2) is 41.1 Å². The summed E-state index contributed by atoms with van der Waals surface area (Å²) in [5.74, 6) is 1.87. The van der Waals surface area contributed by atoms with Gasteiger partial charge in [0, 0.05) is 32.0 Å². The first-order valence-corrected chi connectivity index (χ1v) is 7.76. The van der Waals surface area contributed by atoms with E-state index in [0.29, 0.717) is 11.5 Å². The largest absolute Gasteiger partial charge is 0.337 e. The monoisotopic (exact) mass is 278 g/mol. The van der Waals surface area contributed by atoms with Gasteiger partial charge in [0.15, 0.2) is 0 Å². The molecule has 0 bridgehead atoms. The Morgan fingerprint density at radius 1 is 1.50 bits per heavy atom. The highest BCUT2D eigenvalue weighted by atomic mass is 15.2. The topological polar surface area (TPSA) is 33.1 Å². The summed E-state index contributed by atoms with van der Waals surface area (Å²) in [6, 6.07) is 0.611. The van der Waals surface area contributed by atoms with E-state index >= 15 is 0 Å². The number of aryl methyl sites for hydroxylation is 1. The molecule has 2 atom stereocenters. The van der Waals surface area contributed by atoms with Gasteiger partial charge in [0.1, 0.15) is 5.82 Å². The quantitative estimate of drug-likeness (QED) is 0.897. The Hall–Kier alpha value is -0.870. The van der Waals surface area contributed by atoms with Crippen molar-refractivity contribution in [3.8, 4) is 0 Å². The fourth-order valence-electron chi connectivity index (χ4n) is 3.86. The van der Waals surface area contributed by atoms with E-state index in [2.05, 4.69) is 54.8 Å². The first-order chi connectivity index (χ1) is 9.44. The Balaban J connectivity index is 1.96. The zero-order valence-corrected chi connectivity index (χ0v) is 13.7. The molecule has 1 N–H and O–H groups in total. The Labute approximate surface area is 123 Å². The van der Waals surface area contributed by atoms with Crippen molar-refractivity contribution < 1.29 is 0 Å². The highest BCUT2D eigenvalue weighted by molar-refractivity contribution is 4.95. The average Bonchev–Trinajstić information content (AvgIpc) is 2.74. The van der Waals surface area contributed by atoms with Crippen molar-refractivity contribution in [2.45, 2.75) is 45.7 Å². The van der Waals surface area contributed by atoms with Crippen molar-refractivity contribution in [1.82, 2.24) is 19.8 Å². The summed E-state index contributed by atoms with van der Waals surface area (Å²) in [6.45, 7) is 6.87. The summed E-state index contributed by atoms with van der Waals surface area (Å²) in [5.41, 5.74) is 0.404. The van der Waals surface area contributed by atoms with Crippen LogP contribution in [0.3, 0.4) is 0 Å². The number of hydrogen-bond donors (Lipinski definition) is 1. The smallest absolute Gasteiger partial charge is 0.122 e. The predicted molar refractivity (Wildman–Crippen MR) is 83.5 cm³/mol. The SMILES string of the molecule is CNC1C(CN(C)Cc2nccn2C)CCCC1(C)C. The van der Waals surface area contributed by atoms with Crippen LogP contribution in [0, 0.1) is 11.3 Å². The third-order valence-corrected chi connectivity index (χ3v) is 4.90. The van der Waals surface area contributed by atoms with Gasteiger partial charge in [-0.3, -0.25) is 4.90 Å². The summed E-state index contributed by atoms with van der Waals surface area (Å²) in [7, 11) is 6.39. The lowest BCUT2D eigenvalue weighted by Crippen LogP contribution is -2.51. The fourth-order valence-corrected chi connectivity index (χ4v) is 3.86. The summed E-state index contributed by atoms with van der Waals surface area (Å²) < 4.78 is 2.11. The van der Waals surface area contributed by atoms with Gasteiger partial charge in [0.25, 0.3) is 0 Å². The summed E-state index contributed by atoms with van der Waals surface area (Å²) in [4.78, 5) is 6.84. The van der Waals surface area contributed by atoms with Crippen LogP contribution in [0.25, 0.3) is 0 Å². The lowest BCUT2D eigenvalue weighted by Gasteiger charge is -2.45. The first-order valence-electron chi connectivity index (χ1n) is 7.76. The summed E-state index contributed by atoms with van der Waals surface area (Å²) >= 11 is 0. The molecule has 0 spiro atoms. The molecule has 0 amide bonds. The van der Waals surface area contributed by atoms with Gasteiger partial charge in [0.2, 0.25) is 0 Å². The minimum absolute atomic E-state index is 0.404. The van der Waals surface area contributed by atoms with Crippen LogP contribution >= 0.6 is 0 Å². The van der Waals surface area contributed by atoms with E-state index in [1.54, 1.807) is 0 Å². The van der Waals surface area contributed by atoms with Gasteiger partial charge < -0.3 is 9.88 Å². The van der Waals surface area contributed by atoms with Crippen LogP contribution in [0.2, 0.25) is 0 Å². The molecule has 1 aliphatic rings. The molecular weight excluding hydrogens is 248 g/mol. The zero-order valence-electron chi connectivity index (χ0n) is 13.7. The van der Waals surface area contributed by atoms with E-state index in [4.69, 9.17) is 0 Å². The van der Waals surface area contributed by atoms with Crippen LogP contribution in [0.5, 0.6) is 0 Å². The molecule has 1 aliphatic carbocycles. The molecule has 1 saturated carbocycles. The van der Waals surface area contributed by atoms with Crippen LogP contribution in [-0.2, 0) is 13.6 Å². The fraction of sp³-hybridized carbons (Fsp3) is 0.812. The Bertz CT molecular complexity index is 424. The molecule has 0 aromatic carbocycles.